The van der Waals surface area contributed by atoms with Crippen LogP contribution < -0.4 is 10.3 Å². The maximum absolute atomic E-state index is 13.3. The third-order valence-corrected chi connectivity index (χ3v) is 5.41. The lowest BCUT2D eigenvalue weighted by Gasteiger charge is -2.21. The molecule has 1 aromatic heterocycles. The van der Waals surface area contributed by atoms with Crippen LogP contribution in [0.4, 0.5) is 0 Å². The first kappa shape index (κ1) is 24.9. The Bertz CT molecular complexity index is 1280. The fraction of sp³-hybridized carbons (Fsp3) is 0.333. The topological polar surface area (TPSA) is 82.8 Å². The molecule has 3 aromatic rings. The first-order valence-corrected chi connectivity index (χ1v) is 11.6. The van der Waals surface area contributed by atoms with E-state index in [1.165, 1.54) is 10.9 Å². The van der Waals surface area contributed by atoms with Crippen LogP contribution in [0.25, 0.3) is 10.9 Å². The molecule has 0 unspecified atom stereocenters. The minimum atomic E-state index is -0.828. The van der Waals surface area contributed by atoms with Crippen molar-refractivity contribution >= 4 is 50.6 Å². The lowest BCUT2D eigenvalue weighted by atomic mass is 9.95. The SMILES string of the molecule is CCOC(=O)[C@@H](C)Oc1ccc(Cl)cc1C=Nn1c(C(C)(C)C)nc2ccc(Br)cc2c1=O. The molecule has 0 N–H and O–H groups in total. The van der Waals surface area contributed by atoms with Crippen molar-refractivity contribution in [1.29, 1.82) is 0 Å². The molecule has 0 fully saturated rings. The molecule has 0 aliphatic heterocycles. The van der Waals surface area contributed by atoms with Crippen molar-refractivity contribution < 1.29 is 14.3 Å². The van der Waals surface area contributed by atoms with Gasteiger partial charge in [0.15, 0.2) is 6.10 Å². The number of fused-ring (bicyclic) bond motifs is 1. The van der Waals surface area contributed by atoms with Crippen LogP contribution in [-0.2, 0) is 14.9 Å². The van der Waals surface area contributed by atoms with Gasteiger partial charge in [-0.3, -0.25) is 4.79 Å². The number of carbonyl (C=O) groups is 1. The summed E-state index contributed by atoms with van der Waals surface area (Å²) in [5, 5.41) is 5.35. The summed E-state index contributed by atoms with van der Waals surface area (Å²) in [4.78, 5) is 30.0. The smallest absolute Gasteiger partial charge is 0.347 e. The summed E-state index contributed by atoms with van der Waals surface area (Å²) in [6.45, 7) is 9.46. The highest BCUT2D eigenvalue weighted by Gasteiger charge is 2.23. The molecular formula is C24H25BrClN3O4. The van der Waals surface area contributed by atoms with E-state index < -0.39 is 17.5 Å². The van der Waals surface area contributed by atoms with Gasteiger partial charge in [-0.05, 0) is 50.2 Å². The van der Waals surface area contributed by atoms with E-state index >= 15 is 0 Å². The van der Waals surface area contributed by atoms with Gasteiger partial charge in [0.2, 0.25) is 0 Å². The monoisotopic (exact) mass is 533 g/mol. The molecule has 9 heteroatoms. The normalized spacial score (nSPS) is 12.8. The summed E-state index contributed by atoms with van der Waals surface area (Å²) in [5.74, 6) is 0.402. The molecule has 0 spiro atoms. The van der Waals surface area contributed by atoms with Crippen molar-refractivity contribution in [2.24, 2.45) is 5.10 Å². The zero-order valence-corrected chi connectivity index (χ0v) is 21.4. The molecule has 0 saturated heterocycles. The largest absolute Gasteiger partial charge is 0.478 e. The Morgan fingerprint density at radius 1 is 1.27 bits per heavy atom. The molecule has 2 aromatic carbocycles. The Morgan fingerprint density at radius 2 is 2.00 bits per heavy atom. The summed E-state index contributed by atoms with van der Waals surface area (Å²) in [6, 6.07) is 10.3. The molecule has 0 saturated carbocycles. The van der Waals surface area contributed by atoms with Gasteiger partial charge < -0.3 is 9.47 Å². The Kier molecular flexibility index (Phi) is 7.59. The molecule has 174 valence electrons. The minimum absolute atomic E-state index is 0.255. The van der Waals surface area contributed by atoms with Gasteiger partial charge in [0, 0.05) is 20.5 Å². The van der Waals surface area contributed by atoms with Crippen molar-refractivity contribution in [3.8, 4) is 5.75 Å². The number of aromatic nitrogens is 2. The summed E-state index contributed by atoms with van der Waals surface area (Å²) in [7, 11) is 0. The molecule has 1 atom stereocenters. The Morgan fingerprint density at radius 3 is 2.67 bits per heavy atom. The van der Waals surface area contributed by atoms with Gasteiger partial charge in [-0.2, -0.15) is 9.78 Å². The zero-order valence-electron chi connectivity index (χ0n) is 19.1. The van der Waals surface area contributed by atoms with E-state index in [1.54, 1.807) is 44.2 Å². The number of halogens is 2. The Balaban J connectivity index is 2.11. The molecule has 0 amide bonds. The second-order valence-corrected chi connectivity index (χ2v) is 9.75. The summed E-state index contributed by atoms with van der Waals surface area (Å²) >= 11 is 9.59. The van der Waals surface area contributed by atoms with Crippen molar-refractivity contribution in [2.75, 3.05) is 6.61 Å². The average Bonchev–Trinajstić information content (AvgIpc) is 2.74. The summed E-state index contributed by atoms with van der Waals surface area (Å²) in [5.41, 5.74) is 0.338. The van der Waals surface area contributed by atoms with Crippen LogP contribution in [0, 0.1) is 0 Å². The summed E-state index contributed by atoms with van der Waals surface area (Å²) in [6.07, 6.45) is 0.645. The Labute approximate surface area is 205 Å². The molecule has 0 bridgehead atoms. The number of carbonyl (C=O) groups excluding carboxylic acids is 1. The maximum atomic E-state index is 13.3. The molecule has 7 nitrogen and oxygen atoms in total. The predicted octanol–water partition coefficient (Wildman–Crippen LogP) is 5.32. The van der Waals surface area contributed by atoms with Gasteiger partial charge in [0.1, 0.15) is 11.6 Å². The van der Waals surface area contributed by atoms with E-state index in [0.29, 0.717) is 33.1 Å². The van der Waals surface area contributed by atoms with E-state index in [1.807, 2.05) is 26.8 Å². The maximum Gasteiger partial charge on any atom is 0.347 e. The highest BCUT2D eigenvalue weighted by molar-refractivity contribution is 9.10. The standard InChI is InChI=1S/C24H25BrClN3O4/c1-6-32-22(31)14(2)33-20-10-8-17(26)11-15(20)13-27-29-21(30)18-12-16(25)7-9-19(18)28-23(29)24(3,4)5/h7-14H,6H2,1-5H3/t14-/m1/s1. The lowest BCUT2D eigenvalue weighted by molar-refractivity contribution is -0.150. The van der Waals surface area contributed by atoms with Gasteiger partial charge in [-0.1, -0.05) is 48.3 Å². The molecule has 1 heterocycles. The van der Waals surface area contributed by atoms with E-state index in [-0.39, 0.29) is 12.2 Å². The first-order chi connectivity index (χ1) is 15.5. The van der Waals surface area contributed by atoms with Crippen LogP contribution in [0.2, 0.25) is 5.02 Å². The van der Waals surface area contributed by atoms with E-state index in [0.717, 1.165) is 4.47 Å². The highest BCUT2D eigenvalue weighted by Crippen LogP contribution is 2.25. The molecule has 0 aliphatic carbocycles. The second kappa shape index (κ2) is 10.1. The van der Waals surface area contributed by atoms with Crippen molar-refractivity contribution in [1.82, 2.24) is 9.66 Å². The fourth-order valence-electron chi connectivity index (χ4n) is 3.09. The quantitative estimate of drug-likeness (QED) is 0.316. The average molecular weight is 535 g/mol. The van der Waals surface area contributed by atoms with Gasteiger partial charge >= 0.3 is 5.97 Å². The van der Waals surface area contributed by atoms with Gasteiger partial charge in [0.25, 0.3) is 5.56 Å². The minimum Gasteiger partial charge on any atom is -0.478 e. The number of esters is 1. The third kappa shape index (κ3) is 5.81. The van der Waals surface area contributed by atoms with Gasteiger partial charge in [-0.25, -0.2) is 9.78 Å². The van der Waals surface area contributed by atoms with Crippen molar-refractivity contribution in [3.63, 3.8) is 0 Å². The van der Waals surface area contributed by atoms with Gasteiger partial charge in [0.05, 0.1) is 23.7 Å². The van der Waals surface area contributed by atoms with E-state index in [9.17, 15) is 9.59 Å². The van der Waals surface area contributed by atoms with Crippen molar-refractivity contribution in [3.05, 3.63) is 67.6 Å². The van der Waals surface area contributed by atoms with E-state index in [4.69, 9.17) is 26.1 Å². The predicted molar refractivity (Wildman–Crippen MR) is 134 cm³/mol. The second-order valence-electron chi connectivity index (χ2n) is 8.40. The number of rotatable bonds is 6. The van der Waals surface area contributed by atoms with Crippen LogP contribution in [0.5, 0.6) is 5.75 Å². The number of hydrogen-bond acceptors (Lipinski definition) is 6. The van der Waals surface area contributed by atoms with Crippen LogP contribution in [0.15, 0.2) is 50.8 Å². The van der Waals surface area contributed by atoms with E-state index in [2.05, 4.69) is 21.0 Å². The molecule has 0 radical (unpaired) electrons. The van der Waals surface area contributed by atoms with Gasteiger partial charge in [-0.15, -0.1) is 0 Å². The number of benzene rings is 2. The van der Waals surface area contributed by atoms with Crippen molar-refractivity contribution in [2.45, 2.75) is 46.1 Å². The molecule has 3 rings (SSSR count). The van der Waals surface area contributed by atoms with Crippen LogP contribution >= 0.6 is 27.5 Å². The molecule has 0 aliphatic rings. The Hall–Kier alpha value is -2.71. The first-order valence-electron chi connectivity index (χ1n) is 10.4. The fourth-order valence-corrected chi connectivity index (χ4v) is 3.63. The van der Waals surface area contributed by atoms with Crippen LogP contribution in [0.3, 0.4) is 0 Å². The van der Waals surface area contributed by atoms with Crippen LogP contribution in [-0.4, -0.2) is 34.6 Å². The third-order valence-electron chi connectivity index (χ3n) is 4.69. The number of hydrogen-bond donors (Lipinski definition) is 0. The number of nitrogens with zero attached hydrogens (tertiary/aromatic N) is 3. The zero-order chi connectivity index (χ0) is 24.3. The highest BCUT2D eigenvalue weighted by atomic mass is 79.9. The summed E-state index contributed by atoms with van der Waals surface area (Å²) < 4.78 is 12.8. The lowest BCUT2D eigenvalue weighted by Crippen LogP contribution is -2.29. The molecular weight excluding hydrogens is 510 g/mol. The van der Waals surface area contributed by atoms with Crippen LogP contribution in [0.1, 0.15) is 46.0 Å². The number of ether oxygens (including phenoxy) is 2. The molecule has 33 heavy (non-hydrogen) atoms.